The van der Waals surface area contributed by atoms with Gasteiger partial charge in [-0.2, -0.15) is 0 Å². The van der Waals surface area contributed by atoms with Gasteiger partial charge in [-0.25, -0.2) is 0 Å². The van der Waals surface area contributed by atoms with E-state index < -0.39 is 20.2 Å². The molecular formula is C32H35N2O4SeSi. The van der Waals surface area contributed by atoms with Gasteiger partial charge >= 0.3 is 245 Å². The number of aryl methyl sites for hydroxylation is 1. The van der Waals surface area contributed by atoms with E-state index in [9.17, 15) is 9.59 Å². The van der Waals surface area contributed by atoms with Crippen molar-refractivity contribution in [3.05, 3.63) is 129 Å². The van der Waals surface area contributed by atoms with E-state index in [-0.39, 0.29) is 27.6 Å². The summed E-state index contributed by atoms with van der Waals surface area (Å²) in [6, 6.07) is 31.1. The molecule has 2 heterocycles. The second-order valence-electron chi connectivity index (χ2n) is 11.4. The van der Waals surface area contributed by atoms with Gasteiger partial charge in [0.1, 0.15) is 0 Å². The fourth-order valence-electron chi connectivity index (χ4n) is 5.85. The molecule has 4 aromatic rings. The zero-order valence-electron chi connectivity index (χ0n) is 23.2. The standard InChI is InChI=1S/C32H35N2O4SeSi/c1-22-21-34(31(36)33-28(22)35)29-26(23-14-8-5-9-15-23)20-27(37-29)30(39)38-40(32(2,3)4,24-16-10-6-11-17-24)25-18-12-7-13-19-25/h5-19,21,26-27,29-30H,20H2,1-4H3,(H,33,35,36)/t26?,27-,29+,30?/m0/s1. The maximum absolute atomic E-state index is 13.0. The molecule has 1 radical (unpaired) electrons. The van der Waals surface area contributed by atoms with Crippen molar-refractivity contribution < 1.29 is 9.16 Å². The molecule has 4 atom stereocenters. The van der Waals surface area contributed by atoms with Crippen molar-refractivity contribution in [2.24, 2.45) is 0 Å². The number of aromatic amines is 1. The first-order valence-corrected chi connectivity index (χ1v) is 16.5. The molecule has 1 saturated heterocycles. The second-order valence-corrected chi connectivity index (χ2v) is 16.7. The molecule has 0 aliphatic carbocycles. The van der Waals surface area contributed by atoms with Gasteiger partial charge in [-0.3, -0.25) is 0 Å². The number of benzene rings is 3. The van der Waals surface area contributed by atoms with Crippen LogP contribution in [0.5, 0.6) is 0 Å². The number of nitrogens with zero attached hydrogens (tertiary/aromatic N) is 1. The summed E-state index contributed by atoms with van der Waals surface area (Å²) in [5.41, 5.74) is 0.667. The molecule has 1 aromatic heterocycles. The molecule has 0 amide bonds. The number of nitrogens with one attached hydrogen (secondary N) is 1. The van der Waals surface area contributed by atoms with Crippen LogP contribution in [0.15, 0.2) is 107 Å². The van der Waals surface area contributed by atoms with E-state index in [1.165, 1.54) is 14.9 Å². The molecule has 1 aliphatic heterocycles. The summed E-state index contributed by atoms with van der Waals surface area (Å²) >= 11 is 3.31. The minimum atomic E-state index is -2.84. The summed E-state index contributed by atoms with van der Waals surface area (Å²) in [5.74, 6) is -0.104. The third-order valence-electron chi connectivity index (χ3n) is 7.81. The second kappa shape index (κ2) is 11.5. The average Bonchev–Trinajstić information content (AvgIpc) is 3.40. The van der Waals surface area contributed by atoms with Crippen LogP contribution in [0, 0.1) is 6.92 Å². The van der Waals surface area contributed by atoms with E-state index in [1.54, 1.807) is 13.1 Å². The molecule has 0 bridgehead atoms. The van der Waals surface area contributed by atoms with Crippen molar-refractivity contribution in [3.8, 4) is 0 Å². The van der Waals surface area contributed by atoms with Gasteiger partial charge in [-0.05, 0) is 0 Å². The van der Waals surface area contributed by atoms with Crippen LogP contribution >= 0.6 is 0 Å². The minimum absolute atomic E-state index is 0.104. The molecule has 5 rings (SSSR count). The number of ether oxygens (including phenoxy) is 1. The Morgan fingerprint density at radius 3 is 1.98 bits per heavy atom. The van der Waals surface area contributed by atoms with Crippen LogP contribution in [-0.2, 0) is 9.16 Å². The number of rotatable bonds is 7. The Bertz CT molecular complexity index is 1510. The molecule has 1 fully saturated rings. The Kier molecular flexibility index (Phi) is 8.18. The quantitative estimate of drug-likeness (QED) is 0.318. The Balaban J connectivity index is 1.57. The van der Waals surface area contributed by atoms with Crippen LogP contribution in [0.1, 0.15) is 50.5 Å². The van der Waals surface area contributed by atoms with Gasteiger partial charge in [0.05, 0.1) is 0 Å². The summed E-state index contributed by atoms with van der Waals surface area (Å²) in [6.45, 7) is 8.44. The third kappa shape index (κ3) is 5.34. The first-order valence-electron chi connectivity index (χ1n) is 13.6. The Labute approximate surface area is 244 Å². The SMILES string of the molecule is Cc1cn([C@@H]2O[C@H](C([Se])O[Si](c3ccccc3)(c3ccccc3)C(C)(C)C)CC2c2ccccc2)c(=O)[nH]c1=O. The van der Waals surface area contributed by atoms with E-state index in [0.717, 1.165) is 5.56 Å². The normalized spacial score (nSPS) is 20.4. The monoisotopic (exact) mass is 619 g/mol. The molecule has 6 nitrogen and oxygen atoms in total. The Hall–Kier alpha value is -3.00. The number of aromatic nitrogens is 2. The topological polar surface area (TPSA) is 73.3 Å². The summed E-state index contributed by atoms with van der Waals surface area (Å²) in [4.78, 5) is 27.5. The van der Waals surface area contributed by atoms with Crippen LogP contribution in [0.25, 0.3) is 0 Å². The first kappa shape index (κ1) is 28.5. The van der Waals surface area contributed by atoms with Crippen LogP contribution in [0.4, 0.5) is 0 Å². The summed E-state index contributed by atoms with van der Waals surface area (Å²) in [6.07, 6.45) is 1.33. The molecule has 2 unspecified atom stereocenters. The molecule has 0 spiro atoms. The van der Waals surface area contributed by atoms with E-state index >= 15 is 0 Å². The van der Waals surface area contributed by atoms with Crippen molar-refractivity contribution >= 4 is 34.7 Å². The van der Waals surface area contributed by atoms with Gasteiger partial charge in [0, 0.05) is 0 Å². The maximum atomic E-state index is 13.0. The molecule has 1 aliphatic rings. The summed E-state index contributed by atoms with van der Waals surface area (Å²) in [7, 11) is -2.84. The first-order chi connectivity index (χ1) is 19.1. The fourth-order valence-corrected chi connectivity index (χ4v) is 11.6. The molecule has 3 aromatic carbocycles. The predicted octanol–water partition coefficient (Wildman–Crippen LogP) is 3.99. The fraction of sp³-hybridized carbons (Fsp3) is 0.312. The van der Waals surface area contributed by atoms with E-state index in [0.29, 0.717) is 12.0 Å². The van der Waals surface area contributed by atoms with Crippen molar-refractivity contribution in [1.29, 1.82) is 0 Å². The summed E-state index contributed by atoms with van der Waals surface area (Å²) < 4.78 is 15.5. The molecule has 0 saturated carbocycles. The van der Waals surface area contributed by atoms with Crippen molar-refractivity contribution in [2.75, 3.05) is 0 Å². The van der Waals surface area contributed by atoms with Crippen LogP contribution in [0.3, 0.4) is 0 Å². The van der Waals surface area contributed by atoms with Gasteiger partial charge in [-0.15, -0.1) is 0 Å². The molecular weight excluding hydrogens is 583 g/mol. The molecule has 8 heteroatoms. The van der Waals surface area contributed by atoms with Crippen LogP contribution < -0.4 is 21.6 Å². The number of hydrogen-bond donors (Lipinski definition) is 1. The van der Waals surface area contributed by atoms with Gasteiger partial charge in [0.2, 0.25) is 0 Å². The molecule has 40 heavy (non-hydrogen) atoms. The van der Waals surface area contributed by atoms with E-state index in [2.05, 4.69) is 102 Å². The average molecular weight is 619 g/mol. The van der Waals surface area contributed by atoms with Crippen LogP contribution in [-0.4, -0.2) is 45.0 Å². The van der Waals surface area contributed by atoms with Crippen LogP contribution in [0.2, 0.25) is 5.04 Å². The molecule has 207 valence electrons. The Morgan fingerprint density at radius 1 is 0.925 bits per heavy atom. The zero-order valence-corrected chi connectivity index (χ0v) is 26.0. The van der Waals surface area contributed by atoms with Crippen molar-refractivity contribution in [3.63, 3.8) is 0 Å². The van der Waals surface area contributed by atoms with E-state index in [4.69, 9.17) is 9.16 Å². The zero-order chi connectivity index (χ0) is 28.5. The molecule has 1 N–H and O–H groups in total. The van der Waals surface area contributed by atoms with Gasteiger partial charge in [-0.1, -0.05) is 0 Å². The summed E-state index contributed by atoms with van der Waals surface area (Å²) in [5, 5.41) is 1.80. The number of H-pyrrole nitrogens is 1. The van der Waals surface area contributed by atoms with Crippen molar-refractivity contribution in [2.45, 2.75) is 62.4 Å². The number of hydrogen-bond acceptors (Lipinski definition) is 4. The predicted molar refractivity (Wildman–Crippen MR) is 162 cm³/mol. The Morgan fingerprint density at radius 2 is 1.45 bits per heavy atom. The van der Waals surface area contributed by atoms with Gasteiger partial charge < -0.3 is 0 Å². The van der Waals surface area contributed by atoms with Gasteiger partial charge in [0.15, 0.2) is 0 Å². The third-order valence-corrected chi connectivity index (χ3v) is 14.0. The van der Waals surface area contributed by atoms with E-state index in [1.807, 2.05) is 30.3 Å². The van der Waals surface area contributed by atoms with Gasteiger partial charge in [0.25, 0.3) is 0 Å². The van der Waals surface area contributed by atoms with Crippen molar-refractivity contribution in [1.82, 2.24) is 9.55 Å².